The van der Waals surface area contributed by atoms with E-state index in [2.05, 4.69) is 5.32 Å². The zero-order chi connectivity index (χ0) is 27.9. The highest BCUT2D eigenvalue weighted by Crippen LogP contribution is 2.23. The fourth-order valence-electron chi connectivity index (χ4n) is 4.41. The van der Waals surface area contributed by atoms with Crippen LogP contribution in [0.5, 0.6) is 5.75 Å². The van der Waals surface area contributed by atoms with Crippen LogP contribution >= 0.6 is 0 Å². The molecule has 206 valence electrons. The zero-order valence-electron chi connectivity index (χ0n) is 21.8. The minimum Gasteiger partial charge on any atom is -0.464 e. The molecule has 0 aromatic heterocycles. The third-order valence-electron chi connectivity index (χ3n) is 6.42. The molecule has 2 atom stereocenters. The summed E-state index contributed by atoms with van der Waals surface area (Å²) in [5.41, 5.74) is 1.01. The number of cyclic esters (lactones) is 1. The minimum atomic E-state index is -0.782. The second-order valence-corrected chi connectivity index (χ2v) is 9.12. The van der Waals surface area contributed by atoms with Crippen LogP contribution in [-0.2, 0) is 19.1 Å². The number of nitrogens with zero attached hydrogens (tertiary/aromatic N) is 3. The van der Waals surface area contributed by atoms with Crippen LogP contribution in [0.15, 0.2) is 54.6 Å². The summed E-state index contributed by atoms with van der Waals surface area (Å²) in [7, 11) is 0. The summed E-state index contributed by atoms with van der Waals surface area (Å²) in [6.07, 6.45) is -1.73. The molecule has 3 amide bonds. The van der Waals surface area contributed by atoms with Crippen LogP contribution in [0.2, 0.25) is 0 Å². The van der Waals surface area contributed by atoms with Gasteiger partial charge in [-0.05, 0) is 50.2 Å². The lowest BCUT2D eigenvalue weighted by Crippen LogP contribution is -2.56. The Bertz CT molecular complexity index is 1220. The van der Waals surface area contributed by atoms with Gasteiger partial charge in [0.2, 0.25) is 5.91 Å². The summed E-state index contributed by atoms with van der Waals surface area (Å²) < 4.78 is 15.7. The van der Waals surface area contributed by atoms with E-state index in [4.69, 9.17) is 19.6 Å². The van der Waals surface area contributed by atoms with Crippen LogP contribution in [0.1, 0.15) is 19.4 Å². The molecule has 0 saturated carbocycles. The number of nitrogens with one attached hydrogen (secondary N) is 2. The lowest BCUT2D eigenvalue weighted by atomic mass is 10.1. The Morgan fingerprint density at radius 1 is 1.10 bits per heavy atom. The summed E-state index contributed by atoms with van der Waals surface area (Å²) in [6.45, 7) is 5.35. The lowest BCUT2D eigenvalue weighted by Gasteiger charge is -2.37. The monoisotopic (exact) mass is 537 g/mol. The maximum Gasteiger partial charge on any atom is 0.418 e. The van der Waals surface area contributed by atoms with Crippen molar-refractivity contribution >= 4 is 35.6 Å². The van der Waals surface area contributed by atoms with Crippen LogP contribution in [0.25, 0.3) is 0 Å². The van der Waals surface area contributed by atoms with Crippen molar-refractivity contribution in [3.63, 3.8) is 0 Å². The molecule has 2 aromatic carbocycles. The average Bonchev–Trinajstić information content (AvgIpc) is 3.28. The molecule has 0 bridgehead atoms. The average molecular weight is 538 g/mol. The van der Waals surface area contributed by atoms with Crippen molar-refractivity contribution in [2.45, 2.75) is 26.0 Å². The second-order valence-electron chi connectivity index (χ2n) is 9.12. The van der Waals surface area contributed by atoms with E-state index in [9.17, 15) is 19.2 Å². The normalized spacial score (nSPS) is 18.4. The Kier molecular flexibility index (Phi) is 8.77. The first kappa shape index (κ1) is 27.6. The molecule has 2 aromatic rings. The summed E-state index contributed by atoms with van der Waals surface area (Å²) in [5.74, 6) is -0.394. The molecule has 2 fully saturated rings. The second kappa shape index (κ2) is 12.4. The maximum absolute atomic E-state index is 12.6. The fraction of sp³-hybridized carbons (Fsp3) is 0.370. The molecule has 0 radical (unpaired) electrons. The number of ether oxygens (including phenoxy) is 3. The van der Waals surface area contributed by atoms with Crippen molar-refractivity contribution in [3.05, 3.63) is 60.2 Å². The molecule has 12 heteroatoms. The highest BCUT2D eigenvalue weighted by molar-refractivity contribution is 6.05. The number of para-hydroxylation sites is 1. The van der Waals surface area contributed by atoms with E-state index in [1.165, 1.54) is 9.80 Å². The molecule has 2 heterocycles. The summed E-state index contributed by atoms with van der Waals surface area (Å²) in [5, 5.41) is 10.5. The third-order valence-corrected chi connectivity index (χ3v) is 6.42. The molecule has 4 rings (SSSR count). The molecular weight excluding hydrogens is 506 g/mol. The van der Waals surface area contributed by atoms with Crippen LogP contribution in [-0.4, -0.2) is 91.2 Å². The maximum atomic E-state index is 12.6. The van der Waals surface area contributed by atoms with E-state index in [0.717, 1.165) is 0 Å². The predicted molar refractivity (Wildman–Crippen MR) is 141 cm³/mol. The topological polar surface area (TPSA) is 142 Å². The van der Waals surface area contributed by atoms with E-state index in [-0.39, 0.29) is 24.9 Å². The standard InChI is InChI=1S/C27H31N5O7/c1-3-37-25(34)18(2)31-14-13-30(17-23(31)33)15-22-16-32(27(36)39-22)20-11-9-19(10-12-20)24(28)29-26(35)38-21-7-5-4-6-8-21/h4-12,18,22H,3,13-17H2,1-2H3,(H2,28,29,35). The minimum absolute atomic E-state index is 0.119. The quantitative estimate of drug-likeness (QED) is 0.297. The number of benzene rings is 2. The first-order valence-electron chi connectivity index (χ1n) is 12.6. The molecule has 0 spiro atoms. The Morgan fingerprint density at radius 3 is 2.49 bits per heavy atom. The number of hydrogen-bond acceptors (Lipinski definition) is 9. The van der Waals surface area contributed by atoms with Crippen LogP contribution in [0.4, 0.5) is 15.3 Å². The van der Waals surface area contributed by atoms with Crippen molar-refractivity contribution < 1.29 is 33.4 Å². The Hall–Kier alpha value is -4.45. The first-order chi connectivity index (χ1) is 18.7. The number of piperazine rings is 1. The SMILES string of the molecule is CCOC(=O)C(C)N1CCN(CC2CN(c3ccc(C(=N)NC(=O)Oc4ccccc4)cc3)C(=O)O2)CC1=O. The Balaban J connectivity index is 1.27. The van der Waals surface area contributed by atoms with Gasteiger partial charge < -0.3 is 19.1 Å². The highest BCUT2D eigenvalue weighted by atomic mass is 16.6. The van der Waals surface area contributed by atoms with Crippen LogP contribution < -0.4 is 15.0 Å². The number of amidine groups is 1. The van der Waals surface area contributed by atoms with Gasteiger partial charge in [0.05, 0.1) is 19.7 Å². The Labute approximate surface area is 225 Å². The van der Waals surface area contributed by atoms with Crippen molar-refractivity contribution in [1.29, 1.82) is 5.41 Å². The first-order valence-corrected chi connectivity index (χ1v) is 12.6. The van der Waals surface area contributed by atoms with Gasteiger partial charge in [-0.2, -0.15) is 0 Å². The van der Waals surface area contributed by atoms with E-state index >= 15 is 0 Å². The summed E-state index contributed by atoms with van der Waals surface area (Å²) in [4.78, 5) is 54.1. The van der Waals surface area contributed by atoms with E-state index in [0.29, 0.717) is 43.2 Å². The fourth-order valence-corrected chi connectivity index (χ4v) is 4.41. The van der Waals surface area contributed by atoms with Gasteiger partial charge >= 0.3 is 18.2 Å². The number of rotatable bonds is 8. The van der Waals surface area contributed by atoms with Gasteiger partial charge in [0.25, 0.3) is 0 Å². The molecule has 2 aliphatic rings. The molecule has 2 saturated heterocycles. The van der Waals surface area contributed by atoms with Crippen molar-refractivity contribution in [2.75, 3.05) is 44.2 Å². The zero-order valence-corrected chi connectivity index (χ0v) is 21.8. The molecule has 2 unspecified atom stereocenters. The lowest BCUT2D eigenvalue weighted by molar-refractivity contribution is -0.156. The van der Waals surface area contributed by atoms with Crippen molar-refractivity contribution in [2.24, 2.45) is 0 Å². The third kappa shape index (κ3) is 6.90. The number of anilines is 1. The molecule has 0 aliphatic carbocycles. The molecule has 2 aliphatic heterocycles. The Morgan fingerprint density at radius 2 is 1.82 bits per heavy atom. The van der Waals surface area contributed by atoms with Crippen LogP contribution in [0, 0.1) is 5.41 Å². The number of esters is 1. The number of carbonyl (C=O) groups is 4. The smallest absolute Gasteiger partial charge is 0.418 e. The number of carbonyl (C=O) groups excluding carboxylic acids is 4. The van der Waals surface area contributed by atoms with Gasteiger partial charge in [-0.1, -0.05) is 18.2 Å². The van der Waals surface area contributed by atoms with Gasteiger partial charge in [-0.15, -0.1) is 0 Å². The highest BCUT2D eigenvalue weighted by Gasteiger charge is 2.37. The van der Waals surface area contributed by atoms with Gasteiger partial charge in [-0.25, -0.2) is 14.4 Å². The van der Waals surface area contributed by atoms with Crippen molar-refractivity contribution in [1.82, 2.24) is 15.1 Å². The van der Waals surface area contributed by atoms with Crippen molar-refractivity contribution in [3.8, 4) is 5.75 Å². The molecule has 2 N–H and O–H groups in total. The van der Waals surface area contributed by atoms with Gasteiger partial charge in [-0.3, -0.25) is 25.3 Å². The molecular formula is C27H31N5O7. The molecule has 12 nitrogen and oxygen atoms in total. The number of amides is 3. The van der Waals surface area contributed by atoms with Crippen LogP contribution in [0.3, 0.4) is 0 Å². The number of hydrogen-bond donors (Lipinski definition) is 2. The van der Waals surface area contributed by atoms with E-state index in [1.807, 2.05) is 4.90 Å². The van der Waals surface area contributed by atoms with E-state index in [1.54, 1.807) is 68.4 Å². The summed E-state index contributed by atoms with van der Waals surface area (Å²) >= 11 is 0. The largest absolute Gasteiger partial charge is 0.464 e. The van der Waals surface area contributed by atoms with Gasteiger partial charge in [0, 0.05) is 30.9 Å². The van der Waals surface area contributed by atoms with Gasteiger partial charge in [0.1, 0.15) is 23.7 Å². The van der Waals surface area contributed by atoms with E-state index < -0.39 is 30.3 Å². The summed E-state index contributed by atoms with van der Waals surface area (Å²) in [6, 6.07) is 14.4. The predicted octanol–water partition coefficient (Wildman–Crippen LogP) is 2.22. The molecule has 39 heavy (non-hydrogen) atoms. The van der Waals surface area contributed by atoms with Gasteiger partial charge in [0.15, 0.2) is 0 Å².